The lowest BCUT2D eigenvalue weighted by atomic mass is 9.92. The average Bonchev–Trinajstić information content (AvgIpc) is 2.78. The second-order valence-corrected chi connectivity index (χ2v) is 4.47. The standard InChI is InChI=1S/C12H20FN3/c1-2-8-16-9-7-15-12(16)11(13)10-3-5-14-6-4-10/h7,9-11,14H,2-6,8H2,1H3. The van der Waals surface area contributed by atoms with Crippen LogP contribution >= 0.6 is 0 Å². The number of aromatic nitrogens is 2. The lowest BCUT2D eigenvalue weighted by molar-refractivity contribution is 0.176. The number of aryl methyl sites for hydroxylation is 1. The zero-order chi connectivity index (χ0) is 11.4. The summed E-state index contributed by atoms with van der Waals surface area (Å²) in [7, 11) is 0. The van der Waals surface area contributed by atoms with Gasteiger partial charge < -0.3 is 9.88 Å². The summed E-state index contributed by atoms with van der Waals surface area (Å²) in [4.78, 5) is 4.18. The van der Waals surface area contributed by atoms with Crippen molar-refractivity contribution in [3.05, 3.63) is 18.2 Å². The van der Waals surface area contributed by atoms with Gasteiger partial charge in [0.05, 0.1) is 0 Å². The molecule has 1 aliphatic rings. The van der Waals surface area contributed by atoms with E-state index < -0.39 is 6.17 Å². The van der Waals surface area contributed by atoms with E-state index in [-0.39, 0.29) is 5.92 Å². The van der Waals surface area contributed by atoms with Crippen LogP contribution in [0.3, 0.4) is 0 Å². The number of nitrogens with one attached hydrogen (secondary N) is 1. The van der Waals surface area contributed by atoms with Crippen LogP contribution in [0, 0.1) is 5.92 Å². The molecule has 0 amide bonds. The van der Waals surface area contributed by atoms with Gasteiger partial charge in [0.2, 0.25) is 0 Å². The van der Waals surface area contributed by atoms with Crippen molar-refractivity contribution in [2.45, 2.75) is 38.9 Å². The monoisotopic (exact) mass is 225 g/mol. The van der Waals surface area contributed by atoms with Gasteiger partial charge in [-0.1, -0.05) is 6.92 Å². The van der Waals surface area contributed by atoms with Crippen molar-refractivity contribution in [2.24, 2.45) is 5.92 Å². The lowest BCUT2D eigenvalue weighted by Gasteiger charge is -2.25. The number of halogens is 1. The topological polar surface area (TPSA) is 29.9 Å². The molecule has 0 saturated carbocycles. The molecule has 1 aromatic heterocycles. The van der Waals surface area contributed by atoms with Crippen LogP contribution in [0.2, 0.25) is 0 Å². The maximum atomic E-state index is 14.3. The van der Waals surface area contributed by atoms with Crippen LogP contribution in [0.4, 0.5) is 4.39 Å². The van der Waals surface area contributed by atoms with E-state index >= 15 is 0 Å². The van der Waals surface area contributed by atoms with Crippen molar-refractivity contribution in [3.8, 4) is 0 Å². The zero-order valence-corrected chi connectivity index (χ0v) is 9.82. The number of alkyl halides is 1. The molecule has 1 unspecified atom stereocenters. The summed E-state index contributed by atoms with van der Waals surface area (Å²) in [5.41, 5.74) is 0. The van der Waals surface area contributed by atoms with E-state index in [1.165, 1.54) is 0 Å². The van der Waals surface area contributed by atoms with Gasteiger partial charge in [-0.05, 0) is 38.3 Å². The van der Waals surface area contributed by atoms with Gasteiger partial charge in [0, 0.05) is 18.9 Å². The Hall–Kier alpha value is -0.900. The number of hydrogen-bond acceptors (Lipinski definition) is 2. The summed E-state index contributed by atoms with van der Waals surface area (Å²) in [6.07, 6.45) is 5.54. The van der Waals surface area contributed by atoms with Gasteiger partial charge in [0.1, 0.15) is 5.82 Å². The van der Waals surface area contributed by atoms with E-state index in [1.807, 2.05) is 10.8 Å². The molecule has 0 aromatic carbocycles. The van der Waals surface area contributed by atoms with E-state index in [9.17, 15) is 4.39 Å². The predicted molar refractivity (Wildman–Crippen MR) is 62.0 cm³/mol. The van der Waals surface area contributed by atoms with E-state index in [2.05, 4.69) is 17.2 Å². The predicted octanol–water partition coefficient (Wildman–Crippen LogP) is 2.30. The van der Waals surface area contributed by atoms with Gasteiger partial charge in [-0.15, -0.1) is 0 Å². The number of piperidine rings is 1. The Kier molecular flexibility index (Phi) is 3.93. The number of nitrogens with zero attached hydrogens (tertiary/aromatic N) is 2. The van der Waals surface area contributed by atoms with E-state index in [0.717, 1.165) is 38.9 Å². The molecule has 3 nitrogen and oxygen atoms in total. The van der Waals surface area contributed by atoms with Crippen molar-refractivity contribution in [3.63, 3.8) is 0 Å². The molecule has 1 aromatic rings. The van der Waals surface area contributed by atoms with Gasteiger partial charge in [0.25, 0.3) is 0 Å². The fraction of sp³-hybridized carbons (Fsp3) is 0.750. The molecule has 1 atom stereocenters. The fourth-order valence-electron chi connectivity index (χ4n) is 2.35. The molecule has 2 heterocycles. The largest absolute Gasteiger partial charge is 0.332 e. The Morgan fingerprint density at radius 2 is 2.31 bits per heavy atom. The third-order valence-corrected chi connectivity index (χ3v) is 3.26. The third-order valence-electron chi connectivity index (χ3n) is 3.26. The first kappa shape index (κ1) is 11.6. The maximum absolute atomic E-state index is 14.3. The molecule has 0 bridgehead atoms. The maximum Gasteiger partial charge on any atom is 0.161 e. The van der Waals surface area contributed by atoms with Crippen LogP contribution in [0.25, 0.3) is 0 Å². The molecule has 1 aliphatic heterocycles. The van der Waals surface area contributed by atoms with E-state index in [0.29, 0.717) is 5.82 Å². The van der Waals surface area contributed by atoms with Crippen LogP contribution in [0.1, 0.15) is 38.2 Å². The minimum atomic E-state index is -0.899. The summed E-state index contributed by atoms with van der Waals surface area (Å²) in [6, 6.07) is 0. The van der Waals surface area contributed by atoms with Crippen LogP contribution in [-0.2, 0) is 6.54 Å². The Bertz CT molecular complexity index is 318. The molecule has 1 saturated heterocycles. The van der Waals surface area contributed by atoms with Gasteiger partial charge in [-0.3, -0.25) is 0 Å². The SMILES string of the molecule is CCCn1ccnc1C(F)C1CCNCC1. The van der Waals surface area contributed by atoms with Gasteiger partial charge >= 0.3 is 0 Å². The normalized spacial score (nSPS) is 19.9. The highest BCUT2D eigenvalue weighted by atomic mass is 19.1. The van der Waals surface area contributed by atoms with Crippen molar-refractivity contribution in [1.29, 1.82) is 0 Å². The molecule has 4 heteroatoms. The van der Waals surface area contributed by atoms with Crippen molar-refractivity contribution in [1.82, 2.24) is 14.9 Å². The van der Waals surface area contributed by atoms with E-state index in [4.69, 9.17) is 0 Å². The minimum absolute atomic E-state index is 0.138. The lowest BCUT2D eigenvalue weighted by Crippen LogP contribution is -2.30. The van der Waals surface area contributed by atoms with E-state index in [1.54, 1.807) is 6.20 Å². The van der Waals surface area contributed by atoms with Crippen LogP contribution < -0.4 is 5.32 Å². The zero-order valence-electron chi connectivity index (χ0n) is 9.82. The Balaban J connectivity index is 2.06. The van der Waals surface area contributed by atoms with Crippen molar-refractivity contribution < 1.29 is 4.39 Å². The third kappa shape index (κ3) is 2.43. The smallest absolute Gasteiger partial charge is 0.161 e. The van der Waals surface area contributed by atoms with Gasteiger partial charge in [-0.25, -0.2) is 9.37 Å². The first-order valence-corrected chi connectivity index (χ1v) is 6.18. The van der Waals surface area contributed by atoms with Crippen molar-refractivity contribution >= 4 is 0 Å². The fourth-order valence-corrected chi connectivity index (χ4v) is 2.35. The first-order chi connectivity index (χ1) is 7.83. The molecular weight excluding hydrogens is 205 g/mol. The minimum Gasteiger partial charge on any atom is -0.332 e. The summed E-state index contributed by atoms with van der Waals surface area (Å²) in [5.74, 6) is 0.757. The molecule has 0 radical (unpaired) electrons. The number of imidazole rings is 1. The van der Waals surface area contributed by atoms with Crippen molar-refractivity contribution in [2.75, 3.05) is 13.1 Å². The van der Waals surface area contributed by atoms with Crippen LogP contribution in [0.15, 0.2) is 12.4 Å². The number of rotatable bonds is 4. The quantitative estimate of drug-likeness (QED) is 0.852. The first-order valence-electron chi connectivity index (χ1n) is 6.18. The molecular formula is C12H20FN3. The summed E-state index contributed by atoms with van der Waals surface area (Å²) < 4.78 is 16.3. The molecule has 2 rings (SSSR count). The van der Waals surface area contributed by atoms with Crippen LogP contribution in [0.5, 0.6) is 0 Å². The summed E-state index contributed by atoms with van der Waals surface area (Å²) >= 11 is 0. The Morgan fingerprint density at radius 1 is 1.56 bits per heavy atom. The Morgan fingerprint density at radius 3 is 3.00 bits per heavy atom. The molecule has 16 heavy (non-hydrogen) atoms. The molecule has 0 aliphatic carbocycles. The average molecular weight is 225 g/mol. The highest BCUT2D eigenvalue weighted by Crippen LogP contribution is 2.31. The molecule has 0 spiro atoms. The highest BCUT2D eigenvalue weighted by Gasteiger charge is 2.27. The highest BCUT2D eigenvalue weighted by molar-refractivity contribution is 4.99. The molecule has 1 N–H and O–H groups in total. The molecule has 90 valence electrons. The second kappa shape index (κ2) is 5.43. The summed E-state index contributed by atoms with van der Waals surface area (Å²) in [6.45, 7) is 4.82. The summed E-state index contributed by atoms with van der Waals surface area (Å²) in [5, 5.41) is 3.26. The second-order valence-electron chi connectivity index (χ2n) is 4.47. The molecule has 1 fully saturated rings. The number of hydrogen-bond donors (Lipinski definition) is 1. The van der Waals surface area contributed by atoms with Gasteiger partial charge in [0.15, 0.2) is 6.17 Å². The van der Waals surface area contributed by atoms with Gasteiger partial charge in [-0.2, -0.15) is 0 Å². The Labute approximate surface area is 96.1 Å². The van der Waals surface area contributed by atoms with Crippen LogP contribution in [-0.4, -0.2) is 22.6 Å².